The number of rotatable bonds is 4. The molecule has 1 N–H and O–H groups in total. The highest BCUT2D eigenvalue weighted by Crippen LogP contribution is 2.41. The maximum atomic E-state index is 11.3. The molecule has 0 spiro atoms. The molecular weight excluding hydrogens is 284 g/mol. The first kappa shape index (κ1) is 14.1. The largest absolute Gasteiger partial charge is 0.481 e. The number of fused-ring (bicyclic) bond motifs is 1. The van der Waals surface area contributed by atoms with E-state index in [1.54, 1.807) is 11.3 Å². The lowest BCUT2D eigenvalue weighted by molar-refractivity contribution is -0.138. The van der Waals surface area contributed by atoms with Crippen LogP contribution in [0.2, 0.25) is 0 Å². The zero-order valence-corrected chi connectivity index (χ0v) is 13.0. The van der Waals surface area contributed by atoms with E-state index in [9.17, 15) is 9.90 Å². The smallest absolute Gasteiger partial charge is 0.312 e. The first-order chi connectivity index (χ1) is 10.1. The number of nitrogens with zero attached hydrogens (tertiary/aromatic N) is 2. The average Bonchev–Trinajstić information content (AvgIpc) is 3.01. The molecule has 5 heteroatoms. The fourth-order valence-electron chi connectivity index (χ4n) is 2.84. The van der Waals surface area contributed by atoms with Crippen LogP contribution in [0.3, 0.4) is 0 Å². The average molecular weight is 302 g/mol. The summed E-state index contributed by atoms with van der Waals surface area (Å²) in [6.45, 7) is 4.99. The minimum atomic E-state index is -0.760. The van der Waals surface area contributed by atoms with E-state index >= 15 is 0 Å². The lowest BCUT2D eigenvalue weighted by Gasteiger charge is -2.22. The maximum Gasteiger partial charge on any atom is 0.312 e. The summed E-state index contributed by atoms with van der Waals surface area (Å²) in [6, 6.07) is 8.21. The van der Waals surface area contributed by atoms with Crippen LogP contribution >= 0.6 is 11.3 Å². The van der Waals surface area contributed by atoms with Gasteiger partial charge in [-0.05, 0) is 38.3 Å². The van der Waals surface area contributed by atoms with Gasteiger partial charge in [0.05, 0.1) is 5.69 Å². The predicted octanol–water partition coefficient (Wildman–Crippen LogP) is 3.72. The van der Waals surface area contributed by atoms with Crippen LogP contribution in [0.4, 0.5) is 10.8 Å². The molecule has 1 heterocycles. The number of anilines is 2. The van der Waals surface area contributed by atoms with Gasteiger partial charge < -0.3 is 10.0 Å². The van der Waals surface area contributed by atoms with Crippen molar-refractivity contribution in [2.45, 2.75) is 32.6 Å². The molecule has 0 saturated carbocycles. The van der Waals surface area contributed by atoms with Crippen molar-refractivity contribution in [2.75, 3.05) is 11.4 Å². The third kappa shape index (κ3) is 2.42. The second-order valence-corrected chi connectivity index (χ2v) is 6.33. The number of carboxylic acid groups (broad SMARTS) is 1. The second kappa shape index (κ2) is 5.48. The van der Waals surface area contributed by atoms with Crippen molar-refractivity contribution in [2.24, 2.45) is 0 Å². The third-order valence-corrected chi connectivity index (χ3v) is 5.11. The number of para-hydroxylation sites is 1. The van der Waals surface area contributed by atoms with Gasteiger partial charge in [-0.15, -0.1) is 11.3 Å². The van der Waals surface area contributed by atoms with Crippen LogP contribution in [0.25, 0.3) is 0 Å². The van der Waals surface area contributed by atoms with Crippen molar-refractivity contribution in [1.82, 2.24) is 4.98 Å². The number of aliphatic carboxylic acids is 1. The predicted molar refractivity (Wildman–Crippen MR) is 84.7 cm³/mol. The third-order valence-electron chi connectivity index (χ3n) is 3.96. The van der Waals surface area contributed by atoms with Crippen LogP contribution in [0, 0.1) is 6.92 Å². The van der Waals surface area contributed by atoms with E-state index in [2.05, 4.69) is 35.9 Å². The highest BCUT2D eigenvalue weighted by atomic mass is 32.1. The first-order valence-electron chi connectivity index (χ1n) is 7.17. The minimum Gasteiger partial charge on any atom is -0.481 e. The molecule has 110 valence electrons. The summed E-state index contributed by atoms with van der Waals surface area (Å²) < 4.78 is 0. The summed E-state index contributed by atoms with van der Waals surface area (Å²) in [5.74, 6) is -1.19. The number of hydrogen-bond acceptors (Lipinski definition) is 4. The molecule has 1 aliphatic rings. The van der Waals surface area contributed by atoms with Gasteiger partial charge >= 0.3 is 5.97 Å². The molecule has 1 aromatic heterocycles. The highest BCUT2D eigenvalue weighted by Gasteiger charge is 2.33. The van der Waals surface area contributed by atoms with Crippen molar-refractivity contribution in [3.05, 3.63) is 40.4 Å². The van der Waals surface area contributed by atoms with Gasteiger partial charge in [0.2, 0.25) is 0 Å². The number of carbonyl (C=O) groups is 1. The van der Waals surface area contributed by atoms with E-state index in [0.29, 0.717) is 6.42 Å². The van der Waals surface area contributed by atoms with Crippen LogP contribution < -0.4 is 4.90 Å². The Morgan fingerprint density at radius 2 is 2.24 bits per heavy atom. The Kier molecular flexibility index (Phi) is 3.68. The van der Waals surface area contributed by atoms with Crippen molar-refractivity contribution >= 4 is 28.1 Å². The zero-order chi connectivity index (χ0) is 15.0. The van der Waals surface area contributed by atoms with Crippen molar-refractivity contribution in [3.8, 4) is 0 Å². The van der Waals surface area contributed by atoms with E-state index in [-0.39, 0.29) is 0 Å². The Labute approximate surface area is 128 Å². The Morgan fingerprint density at radius 3 is 2.90 bits per heavy atom. The number of aromatic nitrogens is 1. The number of benzene rings is 1. The SMILES string of the molecule is CCN(c1nc2c(s1)CCC2C(=O)O)c1ccccc1C. The number of aryl methyl sites for hydroxylation is 2. The Morgan fingerprint density at radius 1 is 1.48 bits per heavy atom. The molecular formula is C16H18N2O2S. The molecule has 0 radical (unpaired) electrons. The van der Waals surface area contributed by atoms with Gasteiger partial charge in [-0.1, -0.05) is 18.2 Å². The van der Waals surface area contributed by atoms with Gasteiger partial charge in [-0.2, -0.15) is 0 Å². The van der Waals surface area contributed by atoms with Crippen molar-refractivity contribution in [1.29, 1.82) is 0 Å². The standard InChI is InChI=1S/C16H18N2O2S/c1-3-18(12-7-5-4-6-10(12)2)16-17-14-11(15(19)20)8-9-13(14)21-16/h4-7,11H,3,8-9H2,1-2H3,(H,19,20). The molecule has 0 saturated heterocycles. The fraction of sp³-hybridized carbons (Fsp3) is 0.375. The number of thiazole rings is 1. The Hall–Kier alpha value is -1.88. The summed E-state index contributed by atoms with van der Waals surface area (Å²) in [5, 5.41) is 10.2. The van der Waals surface area contributed by atoms with Crippen LogP contribution in [0.15, 0.2) is 24.3 Å². The molecule has 2 aromatic rings. The van der Waals surface area contributed by atoms with Gasteiger partial charge in [0.15, 0.2) is 5.13 Å². The molecule has 0 fully saturated rings. The zero-order valence-electron chi connectivity index (χ0n) is 12.2. The van der Waals surface area contributed by atoms with Gasteiger partial charge in [0, 0.05) is 17.1 Å². The molecule has 1 aliphatic carbocycles. The molecule has 0 bridgehead atoms. The van der Waals surface area contributed by atoms with E-state index in [0.717, 1.165) is 34.4 Å². The fourth-order valence-corrected chi connectivity index (χ4v) is 4.06. The topological polar surface area (TPSA) is 53.4 Å². The van der Waals surface area contributed by atoms with Crippen LogP contribution in [0.5, 0.6) is 0 Å². The maximum absolute atomic E-state index is 11.3. The summed E-state index contributed by atoms with van der Waals surface area (Å²) >= 11 is 1.63. The van der Waals surface area contributed by atoms with E-state index in [4.69, 9.17) is 0 Å². The van der Waals surface area contributed by atoms with E-state index < -0.39 is 11.9 Å². The molecule has 1 atom stereocenters. The molecule has 1 aromatic carbocycles. The van der Waals surface area contributed by atoms with Gasteiger partial charge in [-0.25, -0.2) is 4.98 Å². The molecule has 4 nitrogen and oxygen atoms in total. The van der Waals surface area contributed by atoms with Gasteiger partial charge in [0.1, 0.15) is 5.92 Å². The highest BCUT2D eigenvalue weighted by molar-refractivity contribution is 7.15. The normalized spacial score (nSPS) is 16.8. The minimum absolute atomic E-state index is 0.430. The van der Waals surface area contributed by atoms with Crippen LogP contribution in [0.1, 0.15) is 35.4 Å². The van der Waals surface area contributed by atoms with Gasteiger partial charge in [-0.3, -0.25) is 4.79 Å². The summed E-state index contributed by atoms with van der Waals surface area (Å²) in [6.07, 6.45) is 1.51. The summed E-state index contributed by atoms with van der Waals surface area (Å²) in [7, 11) is 0. The lowest BCUT2D eigenvalue weighted by Crippen LogP contribution is -2.17. The van der Waals surface area contributed by atoms with Crippen molar-refractivity contribution < 1.29 is 9.90 Å². The number of carboxylic acids is 1. The summed E-state index contributed by atoms with van der Waals surface area (Å²) in [4.78, 5) is 19.2. The van der Waals surface area contributed by atoms with Crippen molar-refractivity contribution in [3.63, 3.8) is 0 Å². The Bertz CT molecular complexity index is 681. The molecule has 0 aliphatic heterocycles. The lowest BCUT2D eigenvalue weighted by atomic mass is 10.1. The monoisotopic (exact) mass is 302 g/mol. The number of hydrogen-bond donors (Lipinski definition) is 1. The Balaban J connectivity index is 1.99. The summed E-state index contributed by atoms with van der Waals surface area (Å²) in [5.41, 5.74) is 3.11. The second-order valence-electron chi connectivity index (χ2n) is 5.27. The molecule has 0 amide bonds. The first-order valence-corrected chi connectivity index (χ1v) is 7.99. The van der Waals surface area contributed by atoms with Crippen LogP contribution in [-0.2, 0) is 11.2 Å². The molecule has 3 rings (SSSR count). The quantitative estimate of drug-likeness (QED) is 0.935. The van der Waals surface area contributed by atoms with Gasteiger partial charge in [0.25, 0.3) is 0 Å². The van der Waals surface area contributed by atoms with Crippen LogP contribution in [-0.4, -0.2) is 22.6 Å². The molecule has 21 heavy (non-hydrogen) atoms. The van der Waals surface area contributed by atoms with E-state index in [1.165, 1.54) is 5.56 Å². The van der Waals surface area contributed by atoms with E-state index in [1.807, 2.05) is 12.1 Å². The molecule has 1 unspecified atom stereocenters.